The summed E-state index contributed by atoms with van der Waals surface area (Å²) in [4.78, 5) is 7.20. The van der Waals surface area contributed by atoms with Crippen LogP contribution in [0.15, 0.2) is 29.3 Å². The molecule has 0 radical (unpaired) electrons. The van der Waals surface area contributed by atoms with Crippen LogP contribution in [0.5, 0.6) is 0 Å². The molecule has 3 rings (SSSR count). The lowest BCUT2D eigenvalue weighted by atomic mass is 10.0. The summed E-state index contributed by atoms with van der Waals surface area (Å²) in [7, 11) is 0. The van der Waals surface area contributed by atoms with Gasteiger partial charge in [-0.15, -0.1) is 24.0 Å². The molecule has 1 saturated heterocycles. The van der Waals surface area contributed by atoms with Crippen LogP contribution >= 0.6 is 24.0 Å². The van der Waals surface area contributed by atoms with Gasteiger partial charge in [0.25, 0.3) is 0 Å². The first kappa shape index (κ1) is 22.4. The minimum absolute atomic E-state index is 0. The van der Waals surface area contributed by atoms with E-state index in [1.165, 1.54) is 31.7 Å². The van der Waals surface area contributed by atoms with Crippen molar-refractivity contribution in [3.63, 3.8) is 0 Å². The maximum atomic E-state index is 13.8. The van der Waals surface area contributed by atoms with E-state index in [4.69, 9.17) is 9.73 Å². The fourth-order valence-electron chi connectivity index (χ4n) is 3.80. The maximum Gasteiger partial charge on any atom is 0.191 e. The van der Waals surface area contributed by atoms with E-state index in [1.807, 2.05) is 6.07 Å². The molecule has 2 fully saturated rings. The van der Waals surface area contributed by atoms with Crippen molar-refractivity contribution in [3.05, 3.63) is 35.6 Å². The van der Waals surface area contributed by atoms with Crippen LogP contribution in [-0.4, -0.2) is 56.3 Å². The average molecular weight is 490 g/mol. The lowest BCUT2D eigenvalue weighted by molar-refractivity contribution is 0.0179. The number of halogens is 2. The van der Waals surface area contributed by atoms with Gasteiger partial charge in [-0.05, 0) is 37.5 Å². The highest BCUT2D eigenvalue weighted by Gasteiger charge is 2.23. The molecule has 1 aliphatic carbocycles. The van der Waals surface area contributed by atoms with Gasteiger partial charge in [-0.25, -0.2) is 4.39 Å². The van der Waals surface area contributed by atoms with Gasteiger partial charge in [0.15, 0.2) is 5.96 Å². The fraction of sp³-hybridized carbons (Fsp3) is 0.650. The zero-order chi connectivity index (χ0) is 18.2. The lowest BCUT2D eigenvalue weighted by Crippen LogP contribution is -2.44. The fourth-order valence-corrected chi connectivity index (χ4v) is 3.80. The molecule has 5 nitrogen and oxygen atoms in total. The number of morpholine rings is 1. The summed E-state index contributed by atoms with van der Waals surface area (Å²) >= 11 is 0. The molecule has 1 unspecified atom stereocenters. The molecule has 1 aliphatic heterocycles. The molecule has 7 heteroatoms. The average Bonchev–Trinajstić information content (AvgIpc) is 3.16. The Morgan fingerprint density at radius 1 is 1.30 bits per heavy atom. The number of ether oxygens (including phenoxy) is 1. The third kappa shape index (κ3) is 6.87. The van der Waals surface area contributed by atoms with Crippen molar-refractivity contribution in [1.82, 2.24) is 15.5 Å². The molecule has 0 aromatic heterocycles. The lowest BCUT2D eigenvalue weighted by Gasteiger charge is -2.34. The van der Waals surface area contributed by atoms with Crippen LogP contribution in [0.1, 0.15) is 44.2 Å². The smallest absolute Gasteiger partial charge is 0.191 e. The van der Waals surface area contributed by atoms with Crippen molar-refractivity contribution in [3.8, 4) is 0 Å². The predicted octanol–water partition coefficient (Wildman–Crippen LogP) is 3.31. The third-order valence-corrected chi connectivity index (χ3v) is 5.18. The molecule has 1 saturated carbocycles. The molecule has 152 valence electrons. The standard InChI is InChI=1S/C20H31FN4O.HI/c1-2-22-20(24-18-8-3-4-9-18)23-15-19(25-10-12-26-13-11-25)16-6-5-7-17(21)14-16;/h5-7,14,18-19H,2-4,8-13,15H2,1H3,(H2,22,23,24);1H. The van der Waals surface area contributed by atoms with Crippen molar-refractivity contribution in [2.75, 3.05) is 39.4 Å². The van der Waals surface area contributed by atoms with E-state index in [-0.39, 0.29) is 35.8 Å². The Bertz CT molecular complexity index is 589. The summed E-state index contributed by atoms with van der Waals surface area (Å²) in [6.07, 6.45) is 5.00. The van der Waals surface area contributed by atoms with Crippen LogP contribution in [0.2, 0.25) is 0 Å². The maximum absolute atomic E-state index is 13.8. The minimum Gasteiger partial charge on any atom is -0.379 e. The molecule has 1 atom stereocenters. The largest absolute Gasteiger partial charge is 0.379 e. The number of nitrogens with one attached hydrogen (secondary N) is 2. The van der Waals surface area contributed by atoms with Crippen LogP contribution in [0, 0.1) is 5.82 Å². The van der Waals surface area contributed by atoms with Gasteiger partial charge < -0.3 is 15.4 Å². The molecule has 2 aliphatic rings. The van der Waals surface area contributed by atoms with E-state index in [0.717, 1.165) is 44.4 Å². The SMILES string of the molecule is CCNC(=NCC(c1cccc(F)c1)N1CCOCC1)NC1CCCC1.I. The normalized spacial score (nSPS) is 20.1. The van der Waals surface area contributed by atoms with Crippen LogP contribution in [0.4, 0.5) is 4.39 Å². The summed E-state index contributed by atoms with van der Waals surface area (Å²) < 4.78 is 19.3. The predicted molar refractivity (Wildman–Crippen MR) is 118 cm³/mol. The summed E-state index contributed by atoms with van der Waals surface area (Å²) in [5.41, 5.74) is 0.979. The summed E-state index contributed by atoms with van der Waals surface area (Å²) in [5, 5.41) is 6.91. The van der Waals surface area contributed by atoms with Crippen molar-refractivity contribution >= 4 is 29.9 Å². The first-order valence-electron chi connectivity index (χ1n) is 9.88. The van der Waals surface area contributed by atoms with Crippen LogP contribution in [-0.2, 0) is 4.74 Å². The van der Waals surface area contributed by atoms with E-state index in [2.05, 4.69) is 22.5 Å². The van der Waals surface area contributed by atoms with Crippen molar-refractivity contribution in [2.24, 2.45) is 4.99 Å². The summed E-state index contributed by atoms with van der Waals surface area (Å²) in [6, 6.07) is 7.49. The molecule has 0 bridgehead atoms. The Morgan fingerprint density at radius 3 is 2.70 bits per heavy atom. The number of rotatable bonds is 6. The molecule has 1 aromatic carbocycles. The first-order chi connectivity index (χ1) is 12.8. The number of hydrogen-bond donors (Lipinski definition) is 2. The molecule has 0 spiro atoms. The summed E-state index contributed by atoms with van der Waals surface area (Å²) in [5.74, 6) is 0.676. The topological polar surface area (TPSA) is 48.9 Å². The van der Waals surface area contributed by atoms with Crippen LogP contribution in [0.25, 0.3) is 0 Å². The Balaban J connectivity index is 0.00000261. The molecule has 2 N–H and O–H groups in total. The van der Waals surface area contributed by atoms with Gasteiger partial charge in [0.1, 0.15) is 5.82 Å². The minimum atomic E-state index is -0.194. The quantitative estimate of drug-likeness (QED) is 0.365. The number of aliphatic imine (C=N–C) groups is 1. The Hall–Kier alpha value is -0.930. The zero-order valence-corrected chi connectivity index (χ0v) is 18.5. The number of guanidine groups is 1. The van der Waals surface area contributed by atoms with E-state index in [1.54, 1.807) is 12.1 Å². The zero-order valence-electron chi connectivity index (χ0n) is 16.1. The second-order valence-corrected chi connectivity index (χ2v) is 7.06. The van der Waals surface area contributed by atoms with E-state index in [0.29, 0.717) is 12.6 Å². The van der Waals surface area contributed by atoms with E-state index >= 15 is 0 Å². The van der Waals surface area contributed by atoms with Gasteiger partial charge in [-0.1, -0.05) is 25.0 Å². The van der Waals surface area contributed by atoms with Crippen LogP contribution < -0.4 is 10.6 Å². The van der Waals surface area contributed by atoms with Gasteiger partial charge in [0, 0.05) is 25.7 Å². The molecule has 1 aromatic rings. The van der Waals surface area contributed by atoms with Crippen molar-refractivity contribution in [1.29, 1.82) is 0 Å². The molecular weight excluding hydrogens is 458 g/mol. The highest BCUT2D eigenvalue weighted by molar-refractivity contribution is 14.0. The molecule has 27 heavy (non-hydrogen) atoms. The van der Waals surface area contributed by atoms with Crippen molar-refractivity contribution in [2.45, 2.75) is 44.7 Å². The molecule has 0 amide bonds. The first-order valence-corrected chi connectivity index (χ1v) is 9.88. The second-order valence-electron chi connectivity index (χ2n) is 7.06. The molecule has 1 heterocycles. The van der Waals surface area contributed by atoms with E-state index in [9.17, 15) is 4.39 Å². The third-order valence-electron chi connectivity index (χ3n) is 5.18. The number of hydrogen-bond acceptors (Lipinski definition) is 3. The highest BCUT2D eigenvalue weighted by atomic mass is 127. The highest BCUT2D eigenvalue weighted by Crippen LogP contribution is 2.23. The van der Waals surface area contributed by atoms with Gasteiger partial charge >= 0.3 is 0 Å². The Kier molecular flexibility index (Phi) is 9.78. The second kappa shape index (κ2) is 11.8. The van der Waals surface area contributed by atoms with Gasteiger partial charge in [-0.2, -0.15) is 0 Å². The number of nitrogens with zero attached hydrogens (tertiary/aromatic N) is 2. The van der Waals surface area contributed by atoms with Crippen molar-refractivity contribution < 1.29 is 9.13 Å². The van der Waals surface area contributed by atoms with Gasteiger partial charge in [0.05, 0.1) is 25.8 Å². The Morgan fingerprint density at radius 2 is 2.04 bits per heavy atom. The summed E-state index contributed by atoms with van der Waals surface area (Å²) in [6.45, 7) is 6.66. The Labute approximate surface area is 179 Å². The van der Waals surface area contributed by atoms with Gasteiger partial charge in [-0.3, -0.25) is 9.89 Å². The number of benzene rings is 1. The monoisotopic (exact) mass is 490 g/mol. The molecular formula is C20H32FIN4O. The van der Waals surface area contributed by atoms with E-state index < -0.39 is 0 Å². The van der Waals surface area contributed by atoms with Crippen LogP contribution in [0.3, 0.4) is 0 Å². The van der Waals surface area contributed by atoms with Gasteiger partial charge in [0.2, 0.25) is 0 Å².